The predicted molar refractivity (Wildman–Crippen MR) is 130 cm³/mol. The predicted octanol–water partition coefficient (Wildman–Crippen LogP) is -0.822. The van der Waals surface area contributed by atoms with E-state index in [2.05, 4.69) is 16.1 Å². The Hall–Kier alpha value is -4.73. The van der Waals surface area contributed by atoms with Crippen molar-refractivity contribution in [1.29, 1.82) is 0 Å². The summed E-state index contributed by atoms with van der Waals surface area (Å²) in [7, 11) is 0. The van der Waals surface area contributed by atoms with E-state index in [1.165, 1.54) is 18.7 Å². The molecule has 2 aliphatic rings. The molecule has 2 unspecified atom stereocenters. The third-order valence-corrected chi connectivity index (χ3v) is 6.93. The van der Waals surface area contributed by atoms with Gasteiger partial charge in [-0.2, -0.15) is 0 Å². The number of carbonyl (C=O) groups is 5. The molecule has 6 N–H and O–H groups in total. The number of benzene rings is 1. The van der Waals surface area contributed by atoms with Gasteiger partial charge in [0.25, 0.3) is 5.91 Å². The Morgan fingerprint density at radius 2 is 1.92 bits per heavy atom. The minimum absolute atomic E-state index is 0.150. The molecule has 0 aliphatic carbocycles. The Morgan fingerprint density at radius 3 is 2.53 bits per heavy atom. The molecule has 0 saturated carbocycles. The Balaban J connectivity index is 1.50. The zero-order valence-corrected chi connectivity index (χ0v) is 20.5. The van der Waals surface area contributed by atoms with Crippen LogP contribution in [0.2, 0.25) is 0 Å². The number of aromatic nitrogens is 2. The lowest BCUT2D eigenvalue weighted by Gasteiger charge is -2.49. The van der Waals surface area contributed by atoms with Gasteiger partial charge in [0.05, 0.1) is 6.20 Å². The number of nitrogens with zero attached hydrogens (tertiary/aromatic N) is 2. The van der Waals surface area contributed by atoms with Crippen molar-refractivity contribution >= 4 is 41.5 Å². The van der Waals surface area contributed by atoms with Crippen molar-refractivity contribution in [3.05, 3.63) is 63.8 Å². The fraction of sp³-hybridized carbons (Fsp3) is 0.273. The molecule has 0 radical (unpaired) electrons. The molecule has 0 spiro atoms. The minimum Gasteiger partial charge on any atom is -0.493 e. The average Bonchev–Trinajstić information content (AvgIpc) is 3.19. The van der Waals surface area contributed by atoms with E-state index in [0.717, 1.165) is 11.1 Å². The van der Waals surface area contributed by atoms with Crippen molar-refractivity contribution in [2.75, 3.05) is 17.8 Å². The summed E-state index contributed by atoms with van der Waals surface area (Å²) in [5.41, 5.74) is 1.64. The fourth-order valence-electron chi connectivity index (χ4n) is 3.90. The van der Waals surface area contributed by atoms with E-state index in [9.17, 15) is 39.0 Å². The van der Waals surface area contributed by atoms with Crippen LogP contribution in [0.4, 0.5) is 4.79 Å². The Morgan fingerprint density at radius 1 is 1.21 bits per heavy atom. The van der Waals surface area contributed by atoms with Gasteiger partial charge in [-0.15, -0.1) is 11.8 Å². The maximum absolute atomic E-state index is 13.2. The van der Waals surface area contributed by atoms with Crippen LogP contribution in [-0.4, -0.2) is 78.3 Å². The number of aromatic hydroxyl groups is 1. The second kappa shape index (κ2) is 10.7. The van der Waals surface area contributed by atoms with E-state index in [1.807, 2.05) is 4.98 Å². The zero-order chi connectivity index (χ0) is 27.6. The largest absolute Gasteiger partial charge is 0.493 e. The molecule has 3 atom stereocenters. The number of carboxylic acids is 1. The Bertz CT molecular complexity index is 1390. The quantitative estimate of drug-likeness (QED) is 0.179. The molecule has 1 fully saturated rings. The van der Waals surface area contributed by atoms with E-state index < -0.39 is 58.8 Å². The van der Waals surface area contributed by atoms with Crippen molar-refractivity contribution in [3.8, 4) is 5.88 Å². The van der Waals surface area contributed by atoms with E-state index >= 15 is 0 Å². The molecule has 4 amide bonds. The highest BCUT2D eigenvalue weighted by Gasteiger charge is 2.54. The highest BCUT2D eigenvalue weighted by atomic mass is 32.2. The SMILES string of the molecule is CC(=O)OCC1=C(C(=O)O)N2C(=O)[C@H](NC(=O)C(NC(=O)Nn3cc(O)[nH]c3=O)c3ccccc3)C2SC1. The summed E-state index contributed by atoms with van der Waals surface area (Å²) in [5.74, 6) is -3.76. The maximum Gasteiger partial charge on any atom is 0.352 e. The molecule has 38 heavy (non-hydrogen) atoms. The minimum atomic E-state index is -1.37. The molecule has 2 aliphatic heterocycles. The molecular formula is C22H22N6O9S. The number of amides is 4. The maximum atomic E-state index is 13.2. The topological polar surface area (TPSA) is 212 Å². The van der Waals surface area contributed by atoms with Gasteiger partial charge in [0.15, 0.2) is 0 Å². The van der Waals surface area contributed by atoms with Crippen LogP contribution in [0, 0.1) is 0 Å². The lowest BCUT2D eigenvalue weighted by atomic mass is 10.0. The number of rotatable bonds is 8. The summed E-state index contributed by atoms with van der Waals surface area (Å²) >= 11 is 1.19. The summed E-state index contributed by atoms with van der Waals surface area (Å²) in [6.07, 6.45) is 0.921. The number of aromatic amines is 1. The van der Waals surface area contributed by atoms with Crippen molar-refractivity contribution in [3.63, 3.8) is 0 Å². The number of hydrogen-bond acceptors (Lipinski definition) is 9. The molecule has 2 aromatic rings. The molecule has 1 saturated heterocycles. The number of carboxylic acid groups (broad SMARTS) is 1. The Labute approximate surface area is 217 Å². The van der Waals surface area contributed by atoms with E-state index in [1.54, 1.807) is 30.3 Å². The number of urea groups is 1. The molecule has 4 rings (SSSR count). The molecule has 0 bridgehead atoms. The van der Waals surface area contributed by atoms with Crippen LogP contribution in [0.3, 0.4) is 0 Å². The number of nitrogens with one attached hydrogen (secondary N) is 4. The summed E-state index contributed by atoms with van der Waals surface area (Å²) in [4.78, 5) is 76.5. The molecule has 200 valence electrons. The van der Waals surface area contributed by atoms with Crippen molar-refractivity contribution in [2.45, 2.75) is 24.4 Å². The summed E-state index contributed by atoms with van der Waals surface area (Å²) in [6.45, 7) is 0.895. The first-order valence-electron chi connectivity index (χ1n) is 11.0. The van der Waals surface area contributed by atoms with E-state index in [-0.39, 0.29) is 23.6 Å². The summed E-state index contributed by atoms with van der Waals surface area (Å²) < 4.78 is 5.57. The monoisotopic (exact) mass is 546 g/mol. The van der Waals surface area contributed by atoms with Crippen molar-refractivity contribution in [2.24, 2.45) is 0 Å². The Kier molecular flexibility index (Phi) is 7.43. The normalized spacial score (nSPS) is 19.1. The molecule has 1 aromatic heterocycles. The number of β-lactam (4-membered cyclic amide) rings is 1. The lowest BCUT2D eigenvalue weighted by Crippen LogP contribution is -2.71. The summed E-state index contributed by atoms with van der Waals surface area (Å²) in [6, 6.07) is 4.74. The number of aliphatic carboxylic acids is 1. The zero-order valence-electron chi connectivity index (χ0n) is 19.7. The second-order valence-electron chi connectivity index (χ2n) is 8.18. The number of carbonyl (C=O) groups excluding carboxylic acids is 4. The first kappa shape index (κ1) is 26.3. The molecule has 3 heterocycles. The van der Waals surface area contributed by atoms with Crippen LogP contribution in [0.25, 0.3) is 0 Å². The number of H-pyrrole nitrogens is 1. The van der Waals surface area contributed by atoms with E-state index in [4.69, 9.17) is 4.74 Å². The number of esters is 1. The van der Waals surface area contributed by atoms with Crippen molar-refractivity contribution < 1.29 is 38.9 Å². The number of thioether (sulfide) groups is 1. The van der Waals surface area contributed by atoms with Crippen LogP contribution < -0.4 is 21.7 Å². The second-order valence-corrected chi connectivity index (χ2v) is 9.28. The van der Waals surface area contributed by atoms with Crippen LogP contribution in [0.15, 0.2) is 52.6 Å². The van der Waals surface area contributed by atoms with Crippen LogP contribution >= 0.6 is 11.8 Å². The molecule has 1 aromatic carbocycles. The average molecular weight is 547 g/mol. The van der Waals surface area contributed by atoms with Gasteiger partial charge in [0, 0.05) is 18.2 Å². The first-order valence-corrected chi connectivity index (χ1v) is 12.1. The summed E-state index contributed by atoms with van der Waals surface area (Å²) in [5, 5.41) is 23.3. The van der Waals surface area contributed by atoms with Gasteiger partial charge in [-0.1, -0.05) is 30.3 Å². The standard InChI is InChI=1S/C22H22N6O9S/c1-10(29)37-8-12-9-38-19-15(18(32)28(19)16(12)20(33)34)24-17(31)14(11-5-3-2-4-6-11)25-21(35)26-27-7-13(30)23-22(27)36/h2-7,14-15,19,30H,8-9H2,1H3,(H,23,36)(H,24,31)(H,33,34)(H2,25,26,35)/t14?,15-,19?/m0/s1. The number of fused-ring (bicyclic) bond motifs is 1. The van der Waals surface area contributed by atoms with Gasteiger partial charge >= 0.3 is 23.7 Å². The number of imidazole rings is 1. The molecular weight excluding hydrogens is 524 g/mol. The van der Waals surface area contributed by atoms with Gasteiger partial charge < -0.3 is 25.6 Å². The van der Waals surface area contributed by atoms with Gasteiger partial charge in [0.2, 0.25) is 11.8 Å². The third kappa shape index (κ3) is 5.34. The molecule has 16 heteroatoms. The van der Waals surface area contributed by atoms with Gasteiger partial charge in [-0.05, 0) is 5.56 Å². The third-order valence-electron chi connectivity index (χ3n) is 5.59. The van der Waals surface area contributed by atoms with Crippen LogP contribution in [0.1, 0.15) is 18.5 Å². The smallest absolute Gasteiger partial charge is 0.352 e. The first-order chi connectivity index (χ1) is 18.1. The highest BCUT2D eigenvalue weighted by molar-refractivity contribution is 8.00. The van der Waals surface area contributed by atoms with Gasteiger partial charge in [0.1, 0.15) is 29.8 Å². The van der Waals surface area contributed by atoms with Crippen LogP contribution in [0.5, 0.6) is 5.88 Å². The lowest BCUT2D eigenvalue weighted by molar-refractivity contribution is -0.151. The van der Waals surface area contributed by atoms with Gasteiger partial charge in [-0.25, -0.2) is 24.5 Å². The fourth-order valence-corrected chi connectivity index (χ4v) is 5.23. The van der Waals surface area contributed by atoms with Crippen molar-refractivity contribution in [1.82, 2.24) is 25.2 Å². The number of ether oxygens (including phenoxy) is 1. The van der Waals surface area contributed by atoms with E-state index in [0.29, 0.717) is 10.2 Å². The highest BCUT2D eigenvalue weighted by Crippen LogP contribution is 2.40. The van der Waals surface area contributed by atoms with Gasteiger partial charge in [-0.3, -0.25) is 24.3 Å². The van der Waals surface area contributed by atoms with Crippen LogP contribution in [-0.2, 0) is 23.9 Å². The number of hydrogen-bond donors (Lipinski definition) is 6. The molecule has 15 nitrogen and oxygen atoms in total.